The summed E-state index contributed by atoms with van der Waals surface area (Å²) in [5.74, 6) is 1.68. The van der Waals surface area contributed by atoms with Crippen LogP contribution in [0.5, 0.6) is 0 Å². The average molecular weight is 353 g/mol. The second kappa shape index (κ2) is 7.25. The summed E-state index contributed by atoms with van der Waals surface area (Å²) < 4.78 is 0. The molecule has 0 unspecified atom stereocenters. The molecular formula is C24H23N3. The second-order valence-corrected chi connectivity index (χ2v) is 7.49. The molecule has 3 aromatic rings. The first-order chi connectivity index (χ1) is 13.2. The molecule has 3 heteroatoms. The fourth-order valence-electron chi connectivity index (χ4n) is 4.04. The molecule has 3 nitrogen and oxygen atoms in total. The smallest absolute Gasteiger partial charge is 0.0998 e. The van der Waals surface area contributed by atoms with Gasteiger partial charge >= 0.3 is 0 Å². The Bertz CT molecular complexity index is 1000. The van der Waals surface area contributed by atoms with E-state index in [9.17, 15) is 5.26 Å². The number of hydrogen-bond acceptors (Lipinski definition) is 2. The number of aromatic amines is 1. The van der Waals surface area contributed by atoms with Crippen molar-refractivity contribution in [2.45, 2.75) is 26.2 Å². The maximum atomic E-state index is 9.29. The van der Waals surface area contributed by atoms with Gasteiger partial charge in [-0.1, -0.05) is 44.2 Å². The molecule has 3 atom stereocenters. The molecule has 0 saturated heterocycles. The van der Waals surface area contributed by atoms with Crippen molar-refractivity contribution in [3.63, 3.8) is 0 Å². The van der Waals surface area contributed by atoms with Crippen LogP contribution in [0.2, 0.25) is 0 Å². The third kappa shape index (κ3) is 3.31. The summed E-state index contributed by atoms with van der Waals surface area (Å²) in [6.45, 7) is 4.67. The van der Waals surface area contributed by atoms with E-state index in [0.717, 1.165) is 23.2 Å². The van der Waals surface area contributed by atoms with E-state index >= 15 is 0 Å². The molecule has 0 spiro atoms. The molecule has 0 radical (unpaired) electrons. The lowest BCUT2D eigenvalue weighted by Crippen LogP contribution is -2.23. The summed E-state index contributed by atoms with van der Waals surface area (Å²) in [6, 6.07) is 13.9. The zero-order valence-corrected chi connectivity index (χ0v) is 15.7. The zero-order chi connectivity index (χ0) is 18.8. The predicted molar refractivity (Wildman–Crippen MR) is 109 cm³/mol. The highest BCUT2D eigenvalue weighted by atomic mass is 14.7. The highest BCUT2D eigenvalue weighted by Crippen LogP contribution is 2.40. The highest BCUT2D eigenvalue weighted by molar-refractivity contribution is 5.70. The number of nitrogens with one attached hydrogen (secondary N) is 1. The Kier molecular flexibility index (Phi) is 4.64. The number of allylic oxidation sites excluding steroid dienone is 1. The van der Waals surface area contributed by atoms with Crippen molar-refractivity contribution in [3.8, 4) is 17.2 Å². The van der Waals surface area contributed by atoms with E-state index in [4.69, 9.17) is 0 Å². The Hall–Kier alpha value is -3.12. The number of nitrogens with zero attached hydrogens (tertiary/aromatic N) is 2. The molecule has 1 aliphatic carbocycles. The Morgan fingerprint density at radius 1 is 1.15 bits per heavy atom. The molecule has 0 fully saturated rings. The van der Waals surface area contributed by atoms with Crippen LogP contribution in [0.1, 0.15) is 42.1 Å². The highest BCUT2D eigenvalue weighted by Gasteiger charge is 2.30. The van der Waals surface area contributed by atoms with Crippen LogP contribution in [0.15, 0.2) is 61.1 Å². The van der Waals surface area contributed by atoms with Crippen molar-refractivity contribution in [1.82, 2.24) is 9.97 Å². The van der Waals surface area contributed by atoms with E-state index < -0.39 is 0 Å². The third-order valence-corrected chi connectivity index (χ3v) is 5.85. The van der Waals surface area contributed by atoms with Gasteiger partial charge < -0.3 is 4.98 Å². The molecule has 1 aliphatic rings. The van der Waals surface area contributed by atoms with E-state index in [0.29, 0.717) is 23.3 Å². The van der Waals surface area contributed by atoms with Crippen LogP contribution in [0.25, 0.3) is 17.2 Å². The first kappa shape index (κ1) is 17.3. The Balaban J connectivity index is 1.58. The lowest BCUT2D eigenvalue weighted by molar-refractivity contribution is 0.333. The molecule has 0 saturated carbocycles. The SMILES string of the molecule is C[C@H]1[C@H](/C=C/c2ccc(-c3ccccc3C#N)cn2)c2c[nH]cc2C[C@@H]1C. The second-order valence-electron chi connectivity index (χ2n) is 7.49. The normalized spacial score (nSPS) is 21.7. The van der Waals surface area contributed by atoms with E-state index in [-0.39, 0.29) is 0 Å². The molecule has 0 bridgehead atoms. The van der Waals surface area contributed by atoms with E-state index in [1.54, 1.807) is 0 Å². The van der Waals surface area contributed by atoms with Gasteiger partial charge in [0.1, 0.15) is 0 Å². The van der Waals surface area contributed by atoms with Crippen molar-refractivity contribution >= 4 is 6.08 Å². The first-order valence-corrected chi connectivity index (χ1v) is 9.46. The summed E-state index contributed by atoms with van der Waals surface area (Å²) in [6.07, 6.45) is 11.7. The van der Waals surface area contributed by atoms with Crippen LogP contribution in [-0.2, 0) is 6.42 Å². The topological polar surface area (TPSA) is 52.5 Å². The van der Waals surface area contributed by atoms with Crippen LogP contribution in [0, 0.1) is 23.2 Å². The molecule has 27 heavy (non-hydrogen) atoms. The first-order valence-electron chi connectivity index (χ1n) is 9.46. The van der Waals surface area contributed by atoms with Crippen LogP contribution < -0.4 is 0 Å². The molecule has 2 aromatic heterocycles. The Morgan fingerprint density at radius 2 is 2.00 bits per heavy atom. The molecule has 0 amide bonds. The fraction of sp³-hybridized carbons (Fsp3) is 0.250. The van der Waals surface area contributed by atoms with Gasteiger partial charge in [0.15, 0.2) is 0 Å². The largest absolute Gasteiger partial charge is 0.367 e. The van der Waals surface area contributed by atoms with Crippen molar-refractivity contribution in [2.24, 2.45) is 11.8 Å². The van der Waals surface area contributed by atoms with Crippen molar-refractivity contribution in [1.29, 1.82) is 5.26 Å². The summed E-state index contributed by atoms with van der Waals surface area (Å²) in [5.41, 5.74) is 6.36. The van der Waals surface area contributed by atoms with Crippen molar-refractivity contribution in [3.05, 3.63) is 83.4 Å². The number of pyridine rings is 1. The minimum atomic E-state index is 0.413. The van der Waals surface area contributed by atoms with Gasteiger partial charge in [-0.05, 0) is 47.6 Å². The molecule has 0 aliphatic heterocycles. The van der Waals surface area contributed by atoms with Crippen LogP contribution >= 0.6 is 0 Å². The number of nitriles is 1. The Morgan fingerprint density at radius 3 is 2.78 bits per heavy atom. The number of benzene rings is 1. The van der Waals surface area contributed by atoms with Gasteiger partial charge in [0.25, 0.3) is 0 Å². The van der Waals surface area contributed by atoms with Gasteiger partial charge in [0, 0.05) is 35.6 Å². The lowest BCUT2D eigenvalue weighted by atomic mass is 9.72. The van der Waals surface area contributed by atoms with Crippen LogP contribution in [0.3, 0.4) is 0 Å². The predicted octanol–water partition coefficient (Wildman–Crippen LogP) is 5.57. The summed E-state index contributed by atoms with van der Waals surface area (Å²) >= 11 is 0. The molecule has 1 N–H and O–H groups in total. The van der Waals surface area contributed by atoms with E-state index in [2.05, 4.69) is 54.4 Å². The molecule has 1 aromatic carbocycles. The minimum Gasteiger partial charge on any atom is -0.367 e. The number of H-pyrrole nitrogens is 1. The quantitative estimate of drug-likeness (QED) is 0.669. The molecule has 2 heterocycles. The van der Waals surface area contributed by atoms with E-state index in [1.807, 2.05) is 42.6 Å². The number of rotatable bonds is 3. The van der Waals surface area contributed by atoms with Crippen LogP contribution in [-0.4, -0.2) is 9.97 Å². The Labute approximate surface area is 160 Å². The van der Waals surface area contributed by atoms with Crippen LogP contribution in [0.4, 0.5) is 0 Å². The average Bonchev–Trinajstić information content (AvgIpc) is 3.16. The fourth-order valence-corrected chi connectivity index (χ4v) is 4.04. The number of fused-ring (bicyclic) bond motifs is 1. The van der Waals surface area contributed by atoms with Gasteiger partial charge in [-0.2, -0.15) is 5.26 Å². The lowest BCUT2D eigenvalue weighted by Gasteiger charge is -2.32. The molecular weight excluding hydrogens is 330 g/mol. The van der Waals surface area contributed by atoms with Gasteiger partial charge in [-0.3, -0.25) is 4.98 Å². The maximum Gasteiger partial charge on any atom is 0.0998 e. The standard InChI is InChI=1S/C24H23N3/c1-16-11-20-13-26-15-24(20)22(17(16)2)10-9-21-8-7-19(14-27-21)23-6-4-3-5-18(23)12-25/h3-10,13-17,22,26H,11H2,1-2H3/b10-9+/t16-,17+,22-/m0/s1. The zero-order valence-electron chi connectivity index (χ0n) is 15.7. The van der Waals surface area contributed by atoms with Gasteiger partial charge in [0.2, 0.25) is 0 Å². The van der Waals surface area contributed by atoms with Crippen molar-refractivity contribution < 1.29 is 0 Å². The number of aromatic nitrogens is 2. The van der Waals surface area contributed by atoms with Gasteiger partial charge in [-0.25, -0.2) is 0 Å². The van der Waals surface area contributed by atoms with Crippen molar-refractivity contribution in [2.75, 3.05) is 0 Å². The third-order valence-electron chi connectivity index (χ3n) is 5.85. The maximum absolute atomic E-state index is 9.29. The summed E-state index contributed by atoms with van der Waals surface area (Å²) in [4.78, 5) is 7.87. The van der Waals surface area contributed by atoms with Gasteiger partial charge in [0.05, 0.1) is 17.3 Å². The molecule has 134 valence electrons. The number of hydrogen-bond donors (Lipinski definition) is 1. The summed E-state index contributed by atoms with van der Waals surface area (Å²) in [5, 5.41) is 9.29. The van der Waals surface area contributed by atoms with Gasteiger partial charge in [-0.15, -0.1) is 0 Å². The summed E-state index contributed by atoms with van der Waals surface area (Å²) in [7, 11) is 0. The monoisotopic (exact) mass is 353 g/mol. The minimum absolute atomic E-state index is 0.413. The molecule has 4 rings (SSSR count). The van der Waals surface area contributed by atoms with E-state index in [1.165, 1.54) is 11.1 Å².